The van der Waals surface area contributed by atoms with Crippen molar-refractivity contribution in [3.63, 3.8) is 0 Å². The second-order valence-corrected chi connectivity index (χ2v) is 10.1. The number of thiophene rings is 1. The molecule has 146 valence electrons. The van der Waals surface area contributed by atoms with Gasteiger partial charge in [0.2, 0.25) is 16.0 Å². The van der Waals surface area contributed by atoms with Gasteiger partial charge in [-0.25, -0.2) is 27.7 Å². The van der Waals surface area contributed by atoms with Crippen LogP contribution < -0.4 is 5.73 Å². The van der Waals surface area contributed by atoms with Crippen LogP contribution in [0.5, 0.6) is 0 Å². The number of halogens is 1. The molecule has 3 aromatic rings. The lowest BCUT2D eigenvalue weighted by Crippen LogP contribution is -2.50. The summed E-state index contributed by atoms with van der Waals surface area (Å²) in [6.45, 7) is 1.72. The van der Waals surface area contributed by atoms with Gasteiger partial charge in [-0.05, 0) is 25.1 Å². The first kappa shape index (κ1) is 18.9. The number of rotatable bonds is 3. The van der Waals surface area contributed by atoms with Gasteiger partial charge in [0.1, 0.15) is 17.7 Å². The van der Waals surface area contributed by atoms with Gasteiger partial charge in [0.25, 0.3) is 0 Å². The highest BCUT2D eigenvalue weighted by molar-refractivity contribution is 7.89. The maximum atomic E-state index is 12.5. The van der Waals surface area contributed by atoms with E-state index < -0.39 is 15.6 Å². The molecule has 0 saturated carbocycles. The lowest BCUT2D eigenvalue weighted by molar-refractivity contribution is 0.482. The molecule has 0 unspecified atom stereocenters. The topological polar surface area (TPSA) is 106 Å². The largest absolute Gasteiger partial charge is 0.369 e. The number of nitrogens with two attached hydrogens (primary N) is 1. The maximum Gasteiger partial charge on any atom is 0.239 e. The van der Waals surface area contributed by atoms with Crippen LogP contribution in [0, 0.1) is 0 Å². The number of hydrogen-bond donors (Lipinski definition) is 1. The fraction of sp³-hybridized carbons (Fsp3) is 0.235. The summed E-state index contributed by atoms with van der Waals surface area (Å²) in [6, 6.07) is 7.42. The van der Waals surface area contributed by atoms with Gasteiger partial charge in [0.15, 0.2) is 0 Å². The van der Waals surface area contributed by atoms with Crippen LogP contribution in [0.1, 0.15) is 11.8 Å². The van der Waals surface area contributed by atoms with E-state index in [1.54, 1.807) is 36.3 Å². The minimum absolute atomic E-state index is 0.0556. The predicted molar refractivity (Wildman–Crippen MR) is 110 cm³/mol. The Morgan fingerprint density at radius 2 is 2.14 bits per heavy atom. The molecule has 2 N–H and O–H groups in total. The first-order chi connectivity index (χ1) is 13.2. The van der Waals surface area contributed by atoms with E-state index in [-0.39, 0.29) is 11.7 Å². The second kappa shape index (κ2) is 6.57. The van der Waals surface area contributed by atoms with Crippen molar-refractivity contribution in [3.8, 4) is 16.4 Å². The fourth-order valence-corrected chi connectivity index (χ4v) is 6.16. The quantitative estimate of drug-likeness (QED) is 0.678. The molecule has 0 spiro atoms. The minimum atomic E-state index is -3.58. The summed E-state index contributed by atoms with van der Waals surface area (Å²) in [6.07, 6.45) is 5.15. The number of pyridine rings is 1. The molecule has 0 fully saturated rings. The van der Waals surface area contributed by atoms with E-state index in [0.717, 1.165) is 20.7 Å². The molecule has 0 bridgehead atoms. The summed E-state index contributed by atoms with van der Waals surface area (Å²) in [5, 5.41) is 0.439. The van der Waals surface area contributed by atoms with Crippen molar-refractivity contribution in [1.29, 1.82) is 0 Å². The molecule has 11 heteroatoms. The normalized spacial score (nSPS) is 21.5. The van der Waals surface area contributed by atoms with E-state index in [1.807, 2.05) is 18.2 Å². The zero-order chi connectivity index (χ0) is 20.1. The Bertz CT molecular complexity index is 1170. The molecule has 1 aliphatic heterocycles. The van der Waals surface area contributed by atoms with Crippen LogP contribution in [0.15, 0.2) is 48.0 Å². The van der Waals surface area contributed by atoms with E-state index >= 15 is 0 Å². The van der Waals surface area contributed by atoms with Crippen LogP contribution in [0.2, 0.25) is 5.02 Å². The number of aromatic nitrogens is 3. The van der Waals surface area contributed by atoms with Crippen molar-refractivity contribution < 1.29 is 8.42 Å². The number of imidazole rings is 1. The number of nitrogens with zero attached hydrogens (tertiary/aromatic N) is 5. The van der Waals surface area contributed by atoms with Crippen molar-refractivity contribution in [3.05, 3.63) is 52.9 Å². The number of guanidine groups is 1. The molecule has 3 aromatic heterocycles. The Labute approximate surface area is 171 Å². The van der Waals surface area contributed by atoms with Gasteiger partial charge in [-0.3, -0.25) is 4.57 Å². The van der Waals surface area contributed by atoms with Crippen LogP contribution in [0.3, 0.4) is 0 Å². The summed E-state index contributed by atoms with van der Waals surface area (Å²) in [7, 11) is -2.19. The van der Waals surface area contributed by atoms with Crippen LogP contribution >= 0.6 is 22.9 Å². The molecule has 1 atom stereocenters. The summed E-state index contributed by atoms with van der Waals surface area (Å²) in [5.41, 5.74) is 5.51. The fourth-order valence-electron chi connectivity index (χ4n) is 3.03. The summed E-state index contributed by atoms with van der Waals surface area (Å²) in [4.78, 5) is 14.6. The van der Waals surface area contributed by atoms with Gasteiger partial charge < -0.3 is 5.73 Å². The van der Waals surface area contributed by atoms with E-state index in [1.165, 1.54) is 18.4 Å². The van der Waals surface area contributed by atoms with Gasteiger partial charge in [-0.2, -0.15) is 0 Å². The van der Waals surface area contributed by atoms with Crippen molar-refractivity contribution >= 4 is 38.9 Å². The molecule has 8 nitrogen and oxygen atoms in total. The molecule has 4 heterocycles. The zero-order valence-corrected chi connectivity index (χ0v) is 17.5. The molecule has 0 amide bonds. The second-order valence-electron chi connectivity index (χ2n) is 6.61. The zero-order valence-electron chi connectivity index (χ0n) is 15.1. The van der Waals surface area contributed by atoms with Gasteiger partial charge in [-0.15, -0.1) is 11.3 Å². The third-order valence-corrected chi connectivity index (χ3v) is 8.27. The Morgan fingerprint density at radius 1 is 1.36 bits per heavy atom. The Hall–Kier alpha value is -2.43. The molecule has 4 rings (SSSR count). The number of aliphatic imine (C=N–C) groups is 1. The van der Waals surface area contributed by atoms with Crippen LogP contribution in [0.25, 0.3) is 16.4 Å². The standard InChI is InChI=1S/C17H17ClN6O2S2/c1-17(9-28(25,26)23(2)16(19)22-17)15-11(18)8-13(27-15)12-4-3-5-14(21-12)24-7-6-20-10-24/h3-8,10H,9H2,1-2H3,(H2,19,22)/t17-/m0/s1. The lowest BCUT2D eigenvalue weighted by Gasteiger charge is -2.33. The van der Waals surface area contributed by atoms with Crippen LogP contribution in [-0.2, 0) is 15.6 Å². The van der Waals surface area contributed by atoms with Gasteiger partial charge in [-0.1, -0.05) is 17.7 Å². The Balaban J connectivity index is 1.77. The molecular formula is C17H17ClN6O2S2. The molecule has 0 radical (unpaired) electrons. The first-order valence-corrected chi connectivity index (χ1v) is 11.1. The molecular weight excluding hydrogens is 420 g/mol. The van der Waals surface area contributed by atoms with Crippen molar-refractivity contribution in [2.45, 2.75) is 12.5 Å². The highest BCUT2D eigenvalue weighted by atomic mass is 35.5. The van der Waals surface area contributed by atoms with E-state index in [9.17, 15) is 8.42 Å². The van der Waals surface area contributed by atoms with Crippen LogP contribution in [-0.4, -0.2) is 46.0 Å². The van der Waals surface area contributed by atoms with Gasteiger partial charge in [0, 0.05) is 19.4 Å². The molecule has 0 aromatic carbocycles. The molecule has 28 heavy (non-hydrogen) atoms. The third-order valence-electron chi connectivity index (χ3n) is 4.50. The maximum absolute atomic E-state index is 12.5. The van der Waals surface area contributed by atoms with Gasteiger partial charge >= 0.3 is 0 Å². The molecule has 0 saturated heterocycles. The smallest absolute Gasteiger partial charge is 0.239 e. The Morgan fingerprint density at radius 3 is 2.82 bits per heavy atom. The average molecular weight is 437 g/mol. The van der Waals surface area contributed by atoms with E-state index in [0.29, 0.717) is 9.90 Å². The number of sulfonamides is 1. The van der Waals surface area contributed by atoms with E-state index in [4.69, 9.17) is 17.3 Å². The minimum Gasteiger partial charge on any atom is -0.369 e. The Kier molecular flexibility index (Phi) is 4.44. The summed E-state index contributed by atoms with van der Waals surface area (Å²) >= 11 is 7.85. The monoisotopic (exact) mass is 436 g/mol. The summed E-state index contributed by atoms with van der Waals surface area (Å²) < 4.78 is 27.7. The van der Waals surface area contributed by atoms with Crippen molar-refractivity contribution in [1.82, 2.24) is 18.8 Å². The molecule has 1 aliphatic rings. The van der Waals surface area contributed by atoms with Crippen LogP contribution in [0.4, 0.5) is 0 Å². The molecule has 0 aliphatic carbocycles. The van der Waals surface area contributed by atoms with Crippen molar-refractivity contribution in [2.24, 2.45) is 10.7 Å². The highest BCUT2D eigenvalue weighted by Gasteiger charge is 2.42. The lowest BCUT2D eigenvalue weighted by atomic mass is 10.0. The van der Waals surface area contributed by atoms with Gasteiger partial charge in [0.05, 0.1) is 26.2 Å². The van der Waals surface area contributed by atoms with E-state index in [2.05, 4.69) is 15.0 Å². The first-order valence-electron chi connectivity index (χ1n) is 8.27. The number of hydrogen-bond acceptors (Lipinski definition) is 7. The van der Waals surface area contributed by atoms with Crippen molar-refractivity contribution in [2.75, 3.05) is 12.8 Å². The highest BCUT2D eigenvalue weighted by Crippen LogP contribution is 2.43. The average Bonchev–Trinajstić information content (AvgIpc) is 3.29. The summed E-state index contributed by atoms with van der Waals surface area (Å²) in [5.74, 6) is 0.454. The SMILES string of the molecule is CN1C(N)=N[C@](C)(c2sc(-c3cccc(-n4ccnc4)n3)cc2Cl)CS1(=O)=O. The predicted octanol–water partition coefficient (Wildman–Crippen LogP) is 2.45. The third kappa shape index (κ3) is 3.17.